The molecule has 1 amide bonds. The minimum Gasteiger partial charge on any atom is -0.379 e. The second-order valence-corrected chi connectivity index (χ2v) is 5.57. The van der Waals surface area contributed by atoms with Gasteiger partial charge >= 0.3 is 0 Å². The summed E-state index contributed by atoms with van der Waals surface area (Å²) in [6.07, 6.45) is 1.96. The Bertz CT molecular complexity index is 545. The van der Waals surface area contributed by atoms with Gasteiger partial charge in [0.2, 0.25) is 0 Å². The van der Waals surface area contributed by atoms with Gasteiger partial charge in [-0.05, 0) is 30.7 Å². The number of nitrogens with zero attached hydrogens (tertiary/aromatic N) is 1. The summed E-state index contributed by atoms with van der Waals surface area (Å²) >= 11 is 0. The predicted molar refractivity (Wildman–Crippen MR) is 81.5 cm³/mol. The molecule has 2 unspecified atom stereocenters. The summed E-state index contributed by atoms with van der Waals surface area (Å²) in [5, 5.41) is 17.0. The molecule has 0 bridgehead atoms. The lowest BCUT2D eigenvalue weighted by atomic mass is 10.1. The van der Waals surface area contributed by atoms with E-state index in [-0.39, 0.29) is 11.6 Å². The first kappa shape index (κ1) is 15.3. The van der Waals surface area contributed by atoms with Gasteiger partial charge in [-0.1, -0.05) is 19.9 Å². The fraction of sp³-hybridized carbons (Fsp3) is 0.533. The normalized spacial score (nSPS) is 19.9. The van der Waals surface area contributed by atoms with Crippen LogP contribution in [0.1, 0.15) is 37.0 Å². The standard InChI is InChI=1S/C15H21N3O3/c1-3-7-16-14-12(5-4-6-13(14)18(20)21)15(19)17-9-11-8-10(11)2/h4-6,10-11,16H,3,7-9H2,1-2H3,(H,17,19). The molecular formula is C15H21N3O3. The summed E-state index contributed by atoms with van der Waals surface area (Å²) in [7, 11) is 0. The predicted octanol–water partition coefficient (Wildman–Crippen LogP) is 2.80. The number of nitrogens with one attached hydrogen (secondary N) is 2. The Morgan fingerprint density at radius 1 is 1.48 bits per heavy atom. The number of para-hydroxylation sites is 1. The second kappa shape index (κ2) is 6.56. The Balaban J connectivity index is 2.17. The van der Waals surface area contributed by atoms with Crippen LogP contribution in [0.25, 0.3) is 0 Å². The number of amides is 1. The highest BCUT2D eigenvalue weighted by atomic mass is 16.6. The number of anilines is 1. The highest BCUT2D eigenvalue weighted by Crippen LogP contribution is 2.37. The van der Waals surface area contributed by atoms with Crippen molar-refractivity contribution in [2.75, 3.05) is 18.4 Å². The Morgan fingerprint density at radius 3 is 2.76 bits per heavy atom. The van der Waals surface area contributed by atoms with E-state index in [2.05, 4.69) is 17.6 Å². The minimum atomic E-state index is -0.461. The van der Waals surface area contributed by atoms with Crippen LogP contribution in [0.5, 0.6) is 0 Å². The quantitative estimate of drug-likeness (QED) is 0.597. The zero-order chi connectivity index (χ0) is 15.4. The average molecular weight is 291 g/mol. The van der Waals surface area contributed by atoms with Crippen LogP contribution in [-0.4, -0.2) is 23.9 Å². The topological polar surface area (TPSA) is 84.3 Å². The van der Waals surface area contributed by atoms with Gasteiger partial charge in [-0.25, -0.2) is 0 Å². The largest absolute Gasteiger partial charge is 0.379 e. The summed E-state index contributed by atoms with van der Waals surface area (Å²) in [4.78, 5) is 22.9. The molecule has 1 aromatic rings. The van der Waals surface area contributed by atoms with E-state index in [4.69, 9.17) is 0 Å². The van der Waals surface area contributed by atoms with Crippen LogP contribution in [-0.2, 0) is 0 Å². The van der Waals surface area contributed by atoms with Crippen molar-refractivity contribution in [1.82, 2.24) is 5.32 Å². The van der Waals surface area contributed by atoms with Crippen molar-refractivity contribution in [3.05, 3.63) is 33.9 Å². The molecule has 2 rings (SSSR count). The molecule has 1 saturated carbocycles. The van der Waals surface area contributed by atoms with Crippen molar-refractivity contribution < 1.29 is 9.72 Å². The van der Waals surface area contributed by atoms with Gasteiger partial charge in [-0.2, -0.15) is 0 Å². The van der Waals surface area contributed by atoms with E-state index in [1.54, 1.807) is 12.1 Å². The first-order valence-electron chi connectivity index (χ1n) is 7.34. The van der Waals surface area contributed by atoms with Crippen LogP contribution in [0, 0.1) is 22.0 Å². The van der Waals surface area contributed by atoms with E-state index in [0.29, 0.717) is 36.2 Å². The monoisotopic (exact) mass is 291 g/mol. The number of nitro benzene ring substituents is 1. The van der Waals surface area contributed by atoms with Crippen molar-refractivity contribution in [1.29, 1.82) is 0 Å². The third-order valence-electron chi connectivity index (χ3n) is 3.84. The lowest BCUT2D eigenvalue weighted by Crippen LogP contribution is -2.27. The summed E-state index contributed by atoms with van der Waals surface area (Å²) in [6, 6.07) is 4.58. The van der Waals surface area contributed by atoms with Gasteiger partial charge in [-0.15, -0.1) is 0 Å². The van der Waals surface area contributed by atoms with Gasteiger partial charge in [0.05, 0.1) is 10.5 Å². The first-order chi connectivity index (χ1) is 10.0. The van der Waals surface area contributed by atoms with Gasteiger partial charge in [0.15, 0.2) is 0 Å². The van der Waals surface area contributed by atoms with Crippen molar-refractivity contribution in [2.24, 2.45) is 11.8 Å². The Kier molecular flexibility index (Phi) is 4.77. The molecule has 0 saturated heterocycles. The van der Waals surface area contributed by atoms with Crippen molar-refractivity contribution in [2.45, 2.75) is 26.7 Å². The zero-order valence-electron chi connectivity index (χ0n) is 12.4. The maximum Gasteiger partial charge on any atom is 0.293 e. The van der Waals surface area contributed by atoms with Gasteiger partial charge in [0.25, 0.3) is 11.6 Å². The van der Waals surface area contributed by atoms with Crippen LogP contribution >= 0.6 is 0 Å². The highest BCUT2D eigenvalue weighted by molar-refractivity contribution is 6.01. The van der Waals surface area contributed by atoms with Crippen molar-refractivity contribution in [3.8, 4) is 0 Å². The minimum absolute atomic E-state index is 0.0594. The third kappa shape index (κ3) is 3.71. The second-order valence-electron chi connectivity index (χ2n) is 5.57. The smallest absolute Gasteiger partial charge is 0.293 e. The van der Waals surface area contributed by atoms with Crippen LogP contribution in [0.2, 0.25) is 0 Å². The van der Waals surface area contributed by atoms with Gasteiger partial charge < -0.3 is 10.6 Å². The molecule has 6 nitrogen and oxygen atoms in total. The Labute approximate surface area is 124 Å². The molecule has 0 spiro atoms. The lowest BCUT2D eigenvalue weighted by Gasteiger charge is -2.12. The molecule has 2 N–H and O–H groups in total. The molecule has 1 aliphatic carbocycles. The number of rotatable bonds is 7. The molecule has 21 heavy (non-hydrogen) atoms. The molecule has 0 aliphatic heterocycles. The fourth-order valence-corrected chi connectivity index (χ4v) is 2.32. The van der Waals surface area contributed by atoms with Gasteiger partial charge in [0, 0.05) is 19.2 Å². The zero-order valence-corrected chi connectivity index (χ0v) is 12.4. The molecule has 6 heteroatoms. The van der Waals surface area contributed by atoms with Gasteiger partial charge in [-0.3, -0.25) is 14.9 Å². The molecular weight excluding hydrogens is 270 g/mol. The first-order valence-corrected chi connectivity index (χ1v) is 7.34. The third-order valence-corrected chi connectivity index (χ3v) is 3.84. The average Bonchev–Trinajstić information content (AvgIpc) is 3.17. The van der Waals surface area contributed by atoms with Crippen LogP contribution in [0.15, 0.2) is 18.2 Å². The van der Waals surface area contributed by atoms with Gasteiger partial charge in [0.1, 0.15) is 5.69 Å². The molecule has 114 valence electrons. The number of nitro groups is 1. The number of hydrogen-bond donors (Lipinski definition) is 2. The molecule has 1 fully saturated rings. The molecule has 1 aliphatic rings. The van der Waals surface area contributed by atoms with Crippen molar-refractivity contribution >= 4 is 17.3 Å². The summed E-state index contributed by atoms with van der Waals surface area (Å²) in [5.41, 5.74) is 0.590. The highest BCUT2D eigenvalue weighted by Gasteiger charge is 2.32. The van der Waals surface area contributed by atoms with E-state index in [9.17, 15) is 14.9 Å². The summed E-state index contributed by atoms with van der Waals surface area (Å²) in [6.45, 7) is 5.34. The number of carbonyl (C=O) groups is 1. The summed E-state index contributed by atoms with van der Waals surface area (Å²) < 4.78 is 0. The molecule has 0 radical (unpaired) electrons. The Hall–Kier alpha value is -2.11. The van der Waals surface area contributed by atoms with E-state index in [0.717, 1.165) is 12.8 Å². The maximum atomic E-state index is 12.3. The summed E-state index contributed by atoms with van der Waals surface area (Å²) in [5.74, 6) is 0.948. The molecule has 1 aromatic carbocycles. The van der Waals surface area contributed by atoms with E-state index >= 15 is 0 Å². The molecule has 2 atom stereocenters. The van der Waals surface area contributed by atoms with Crippen LogP contribution in [0.4, 0.5) is 11.4 Å². The number of benzene rings is 1. The molecule has 0 heterocycles. The van der Waals surface area contributed by atoms with Crippen molar-refractivity contribution in [3.63, 3.8) is 0 Å². The Morgan fingerprint density at radius 2 is 2.19 bits per heavy atom. The van der Waals surface area contributed by atoms with E-state index in [1.807, 2.05) is 6.92 Å². The van der Waals surface area contributed by atoms with E-state index < -0.39 is 4.92 Å². The maximum absolute atomic E-state index is 12.3. The van der Waals surface area contributed by atoms with E-state index in [1.165, 1.54) is 6.07 Å². The lowest BCUT2D eigenvalue weighted by molar-refractivity contribution is -0.384. The van der Waals surface area contributed by atoms with Crippen LogP contribution in [0.3, 0.4) is 0 Å². The fourth-order valence-electron chi connectivity index (χ4n) is 2.32. The number of carbonyl (C=O) groups excluding carboxylic acids is 1. The van der Waals surface area contributed by atoms with Crippen LogP contribution < -0.4 is 10.6 Å². The SMILES string of the molecule is CCCNc1c(C(=O)NCC2CC2C)cccc1[N+](=O)[O-]. The number of hydrogen-bond acceptors (Lipinski definition) is 4. The molecule has 0 aromatic heterocycles.